The van der Waals surface area contributed by atoms with E-state index in [1.165, 1.54) is 19.3 Å². The van der Waals surface area contributed by atoms with Gasteiger partial charge >= 0.3 is 0 Å². The number of anilines is 1. The first kappa shape index (κ1) is 14.6. The van der Waals surface area contributed by atoms with Crippen molar-refractivity contribution in [1.82, 2.24) is 4.90 Å². The number of hydrogen-bond donors (Lipinski definition) is 1. The Hall–Kier alpha value is -1.51. The second-order valence-corrected chi connectivity index (χ2v) is 4.71. The van der Waals surface area contributed by atoms with E-state index in [4.69, 9.17) is 0 Å². The molecule has 0 radical (unpaired) electrons. The maximum absolute atomic E-state index is 11.2. The van der Waals surface area contributed by atoms with Crippen LogP contribution in [0.3, 0.4) is 0 Å². The molecule has 0 unspecified atom stereocenters. The minimum atomic E-state index is 0.0938. The van der Waals surface area contributed by atoms with E-state index in [1.54, 1.807) is 11.8 Å². The molecule has 18 heavy (non-hydrogen) atoms. The zero-order valence-corrected chi connectivity index (χ0v) is 11.7. The average Bonchev–Trinajstić information content (AvgIpc) is 2.35. The molecule has 1 aromatic carbocycles. The number of nitrogens with zero attached hydrogens (tertiary/aromatic N) is 1. The van der Waals surface area contributed by atoms with Crippen LogP contribution < -0.4 is 5.32 Å². The van der Waals surface area contributed by atoms with Gasteiger partial charge < -0.3 is 10.2 Å². The van der Waals surface area contributed by atoms with Gasteiger partial charge in [-0.2, -0.15) is 0 Å². The van der Waals surface area contributed by atoms with E-state index in [1.807, 2.05) is 13.1 Å². The Morgan fingerprint density at radius 2 is 2.11 bits per heavy atom. The monoisotopic (exact) mass is 248 g/mol. The highest BCUT2D eigenvalue weighted by Gasteiger charge is 2.03. The quantitative estimate of drug-likeness (QED) is 0.751. The lowest BCUT2D eigenvalue weighted by molar-refractivity contribution is -0.128. The van der Waals surface area contributed by atoms with Crippen LogP contribution in [0.2, 0.25) is 0 Å². The van der Waals surface area contributed by atoms with Crippen molar-refractivity contribution in [2.45, 2.75) is 39.7 Å². The molecule has 1 amide bonds. The highest BCUT2D eigenvalue weighted by molar-refractivity contribution is 5.72. The number of hydrogen-bond acceptors (Lipinski definition) is 2. The van der Waals surface area contributed by atoms with Crippen molar-refractivity contribution in [2.75, 3.05) is 18.9 Å². The second-order valence-electron chi connectivity index (χ2n) is 4.71. The molecule has 100 valence electrons. The molecule has 1 N–H and O–H groups in total. The summed E-state index contributed by atoms with van der Waals surface area (Å²) >= 11 is 0. The Labute approximate surface area is 110 Å². The summed E-state index contributed by atoms with van der Waals surface area (Å²) in [6.45, 7) is 5.48. The van der Waals surface area contributed by atoms with Gasteiger partial charge in [-0.25, -0.2) is 0 Å². The largest absolute Gasteiger partial charge is 0.385 e. The molecule has 3 heteroatoms. The molecule has 0 aliphatic rings. The van der Waals surface area contributed by atoms with E-state index >= 15 is 0 Å². The van der Waals surface area contributed by atoms with Crippen LogP contribution in [0.5, 0.6) is 0 Å². The first-order valence-corrected chi connectivity index (χ1v) is 6.68. The van der Waals surface area contributed by atoms with E-state index < -0.39 is 0 Å². The van der Waals surface area contributed by atoms with Gasteiger partial charge in [0.1, 0.15) is 0 Å². The van der Waals surface area contributed by atoms with Crippen molar-refractivity contribution < 1.29 is 4.79 Å². The molecule has 0 aliphatic heterocycles. The topological polar surface area (TPSA) is 32.3 Å². The van der Waals surface area contributed by atoms with Crippen LogP contribution in [0.25, 0.3) is 0 Å². The molecule has 0 fully saturated rings. The van der Waals surface area contributed by atoms with Crippen LogP contribution in [-0.2, 0) is 11.3 Å². The summed E-state index contributed by atoms with van der Waals surface area (Å²) in [5, 5.41) is 3.42. The van der Waals surface area contributed by atoms with Crippen LogP contribution in [0.4, 0.5) is 5.69 Å². The molecule has 0 heterocycles. The molecular weight excluding hydrogens is 224 g/mol. The number of nitrogens with one attached hydrogen (secondary N) is 1. The maximum atomic E-state index is 11.2. The van der Waals surface area contributed by atoms with Crippen molar-refractivity contribution >= 4 is 11.6 Å². The Bertz CT molecular complexity index is 377. The maximum Gasteiger partial charge on any atom is 0.219 e. The molecule has 1 aromatic rings. The summed E-state index contributed by atoms with van der Waals surface area (Å²) < 4.78 is 0. The van der Waals surface area contributed by atoms with Crippen LogP contribution >= 0.6 is 0 Å². The third-order valence-corrected chi connectivity index (χ3v) is 2.99. The third-order valence-electron chi connectivity index (χ3n) is 2.99. The lowest BCUT2D eigenvalue weighted by Crippen LogP contribution is -2.23. The van der Waals surface area contributed by atoms with E-state index in [-0.39, 0.29) is 5.91 Å². The van der Waals surface area contributed by atoms with Crippen LogP contribution in [0, 0.1) is 0 Å². The molecule has 3 nitrogen and oxygen atoms in total. The minimum Gasteiger partial charge on any atom is -0.385 e. The predicted octanol–water partition coefficient (Wildman–Crippen LogP) is 3.27. The summed E-state index contributed by atoms with van der Waals surface area (Å²) in [6.07, 6.45) is 3.71. The second kappa shape index (κ2) is 7.75. The Balaban J connectivity index is 2.48. The Morgan fingerprint density at radius 1 is 1.33 bits per heavy atom. The van der Waals surface area contributed by atoms with Gasteiger partial charge in [0.2, 0.25) is 5.91 Å². The number of carbonyl (C=O) groups is 1. The fraction of sp³-hybridized carbons (Fsp3) is 0.533. The van der Waals surface area contributed by atoms with E-state index in [0.29, 0.717) is 6.54 Å². The van der Waals surface area contributed by atoms with E-state index in [0.717, 1.165) is 17.8 Å². The molecule has 0 atom stereocenters. The molecule has 0 bridgehead atoms. The van der Waals surface area contributed by atoms with Crippen molar-refractivity contribution in [3.05, 3.63) is 29.8 Å². The van der Waals surface area contributed by atoms with Gasteiger partial charge in [-0.1, -0.05) is 31.9 Å². The average molecular weight is 248 g/mol. The minimum absolute atomic E-state index is 0.0938. The molecule has 1 rings (SSSR count). The van der Waals surface area contributed by atoms with E-state index in [9.17, 15) is 4.79 Å². The molecule has 0 spiro atoms. The zero-order valence-electron chi connectivity index (χ0n) is 11.7. The highest BCUT2D eigenvalue weighted by atomic mass is 16.2. The zero-order chi connectivity index (χ0) is 13.4. The Morgan fingerprint density at radius 3 is 2.78 bits per heavy atom. The van der Waals surface area contributed by atoms with Crippen LogP contribution in [0.1, 0.15) is 38.7 Å². The fourth-order valence-corrected chi connectivity index (χ4v) is 1.77. The lowest BCUT2D eigenvalue weighted by Gasteiger charge is -2.15. The highest BCUT2D eigenvalue weighted by Crippen LogP contribution is 2.12. The van der Waals surface area contributed by atoms with Gasteiger partial charge in [-0.3, -0.25) is 4.79 Å². The number of rotatable bonds is 7. The van der Waals surface area contributed by atoms with Crippen molar-refractivity contribution in [1.29, 1.82) is 0 Å². The van der Waals surface area contributed by atoms with E-state index in [2.05, 4.69) is 30.4 Å². The van der Waals surface area contributed by atoms with Gasteiger partial charge in [0, 0.05) is 32.7 Å². The lowest BCUT2D eigenvalue weighted by atomic mass is 10.2. The van der Waals surface area contributed by atoms with Crippen molar-refractivity contribution in [2.24, 2.45) is 0 Å². The SMILES string of the molecule is CCCCCNc1cccc(CN(C)C(C)=O)c1. The summed E-state index contributed by atoms with van der Waals surface area (Å²) in [5.41, 5.74) is 2.30. The molecular formula is C15H24N2O. The van der Waals surface area contributed by atoms with Crippen LogP contribution in [-0.4, -0.2) is 24.4 Å². The summed E-state index contributed by atoms with van der Waals surface area (Å²) in [6, 6.07) is 8.27. The summed E-state index contributed by atoms with van der Waals surface area (Å²) in [5.74, 6) is 0.0938. The molecule has 0 saturated carbocycles. The number of unbranched alkanes of at least 4 members (excludes halogenated alkanes) is 2. The van der Waals surface area contributed by atoms with Crippen LogP contribution in [0.15, 0.2) is 24.3 Å². The summed E-state index contributed by atoms with van der Waals surface area (Å²) in [7, 11) is 1.82. The van der Waals surface area contributed by atoms with Crippen molar-refractivity contribution in [3.63, 3.8) is 0 Å². The van der Waals surface area contributed by atoms with Gasteiger partial charge in [-0.05, 0) is 24.1 Å². The molecule has 0 aliphatic carbocycles. The standard InChI is InChI=1S/C15H24N2O/c1-4-5-6-10-16-15-9-7-8-14(11-15)12-17(3)13(2)18/h7-9,11,16H,4-6,10,12H2,1-3H3. The van der Waals surface area contributed by atoms with Gasteiger partial charge in [-0.15, -0.1) is 0 Å². The van der Waals surface area contributed by atoms with Gasteiger partial charge in [0.15, 0.2) is 0 Å². The number of benzene rings is 1. The summed E-state index contributed by atoms with van der Waals surface area (Å²) in [4.78, 5) is 12.9. The first-order chi connectivity index (χ1) is 8.63. The Kier molecular flexibility index (Phi) is 6.26. The number of carbonyl (C=O) groups excluding carboxylic acids is 1. The smallest absolute Gasteiger partial charge is 0.219 e. The molecule has 0 saturated heterocycles. The van der Waals surface area contributed by atoms with Gasteiger partial charge in [0.25, 0.3) is 0 Å². The number of amides is 1. The first-order valence-electron chi connectivity index (χ1n) is 6.68. The third kappa shape index (κ3) is 5.21. The molecule has 0 aromatic heterocycles. The van der Waals surface area contributed by atoms with Crippen molar-refractivity contribution in [3.8, 4) is 0 Å². The predicted molar refractivity (Wildman–Crippen MR) is 76.6 cm³/mol. The normalized spacial score (nSPS) is 10.2. The van der Waals surface area contributed by atoms with Gasteiger partial charge in [0.05, 0.1) is 0 Å². The fourth-order valence-electron chi connectivity index (χ4n) is 1.77.